The lowest BCUT2D eigenvalue weighted by molar-refractivity contribution is 0.0764. The molecule has 0 amide bonds. The molecule has 1 aliphatic rings. The summed E-state index contributed by atoms with van der Waals surface area (Å²) in [5.74, 6) is 0. The fraction of sp³-hybridized carbons (Fsp3) is 0.625. The van der Waals surface area contributed by atoms with E-state index >= 15 is 0 Å². The van der Waals surface area contributed by atoms with Gasteiger partial charge < -0.3 is 10.2 Å². The van der Waals surface area contributed by atoms with Crippen LogP contribution < -0.4 is 0 Å². The van der Waals surface area contributed by atoms with Gasteiger partial charge in [0.1, 0.15) is 0 Å². The summed E-state index contributed by atoms with van der Waals surface area (Å²) in [7, 11) is 0. The van der Waals surface area contributed by atoms with E-state index in [1.807, 2.05) is 31.2 Å². The van der Waals surface area contributed by atoms with Crippen molar-refractivity contribution in [3.05, 3.63) is 35.4 Å². The lowest BCUT2D eigenvalue weighted by Crippen LogP contribution is -2.42. The van der Waals surface area contributed by atoms with Crippen LogP contribution >= 0.6 is 0 Å². The van der Waals surface area contributed by atoms with Crippen molar-refractivity contribution in [2.75, 3.05) is 19.7 Å². The summed E-state index contributed by atoms with van der Waals surface area (Å²) in [4.78, 5) is 2.32. The van der Waals surface area contributed by atoms with Gasteiger partial charge in [-0.15, -0.1) is 0 Å². The molecule has 0 aromatic heterocycles. The minimum atomic E-state index is -0.400. The van der Waals surface area contributed by atoms with E-state index in [-0.39, 0.29) is 6.61 Å². The molecule has 3 nitrogen and oxygen atoms in total. The number of benzene rings is 1. The van der Waals surface area contributed by atoms with E-state index in [4.69, 9.17) is 5.11 Å². The summed E-state index contributed by atoms with van der Waals surface area (Å²) < 4.78 is 0. The second kappa shape index (κ2) is 7.04. The van der Waals surface area contributed by atoms with Crippen molar-refractivity contribution in [3.63, 3.8) is 0 Å². The Balaban J connectivity index is 1.87. The van der Waals surface area contributed by atoms with Gasteiger partial charge in [0.15, 0.2) is 0 Å². The van der Waals surface area contributed by atoms with Crippen LogP contribution in [0, 0.1) is 6.92 Å². The van der Waals surface area contributed by atoms with E-state index in [0.717, 1.165) is 30.6 Å². The Morgan fingerprint density at radius 3 is 2.58 bits per heavy atom. The zero-order valence-electron chi connectivity index (χ0n) is 11.8. The second-order valence-electron chi connectivity index (χ2n) is 5.51. The van der Waals surface area contributed by atoms with Crippen LogP contribution in [0.4, 0.5) is 0 Å². The van der Waals surface area contributed by atoms with Crippen molar-refractivity contribution in [3.8, 4) is 0 Å². The summed E-state index contributed by atoms with van der Waals surface area (Å²) in [5, 5.41) is 19.4. The molecule has 0 spiro atoms. The van der Waals surface area contributed by atoms with Crippen LogP contribution in [0.1, 0.15) is 42.9 Å². The van der Waals surface area contributed by atoms with Crippen LogP contribution in [0.5, 0.6) is 0 Å². The predicted molar refractivity (Wildman–Crippen MR) is 77.1 cm³/mol. The maximum absolute atomic E-state index is 10.3. The summed E-state index contributed by atoms with van der Waals surface area (Å²) in [5.41, 5.74) is 2.17. The van der Waals surface area contributed by atoms with Crippen LogP contribution in [0.2, 0.25) is 0 Å². The molecule has 1 aromatic rings. The van der Waals surface area contributed by atoms with E-state index in [0.29, 0.717) is 6.04 Å². The van der Waals surface area contributed by atoms with Crippen molar-refractivity contribution in [1.82, 2.24) is 4.90 Å². The van der Waals surface area contributed by atoms with Crippen molar-refractivity contribution in [2.45, 2.75) is 44.8 Å². The third-order valence-electron chi connectivity index (χ3n) is 4.22. The number of aliphatic hydroxyl groups is 2. The average Bonchev–Trinajstić information content (AvgIpc) is 2.34. The molecule has 1 unspecified atom stereocenters. The molecule has 1 fully saturated rings. The lowest BCUT2D eigenvalue weighted by Gasteiger charge is -2.37. The number of nitrogens with zero attached hydrogens (tertiary/aromatic N) is 1. The van der Waals surface area contributed by atoms with Gasteiger partial charge in [0.05, 0.1) is 12.7 Å². The first-order chi connectivity index (χ1) is 9.22. The standard InChI is InChI=1S/C16H25NO2/c1-13-5-2-3-8-15(13)16(19)9-10-17(11-12-18)14-6-4-7-14/h2-3,5,8,14,16,18-19H,4,6-7,9-12H2,1H3. The molecule has 3 heteroatoms. The lowest BCUT2D eigenvalue weighted by atomic mass is 9.91. The minimum absolute atomic E-state index is 0.205. The van der Waals surface area contributed by atoms with E-state index in [9.17, 15) is 5.11 Å². The zero-order valence-corrected chi connectivity index (χ0v) is 11.8. The van der Waals surface area contributed by atoms with E-state index in [1.165, 1.54) is 19.3 Å². The molecule has 1 atom stereocenters. The fourth-order valence-corrected chi connectivity index (χ4v) is 2.76. The van der Waals surface area contributed by atoms with Crippen LogP contribution in [-0.2, 0) is 0 Å². The normalized spacial score (nSPS) is 17.5. The first-order valence-corrected chi connectivity index (χ1v) is 7.31. The van der Waals surface area contributed by atoms with Crippen molar-refractivity contribution >= 4 is 0 Å². The molecule has 1 aromatic carbocycles. The second-order valence-corrected chi connectivity index (χ2v) is 5.51. The van der Waals surface area contributed by atoms with Gasteiger partial charge in [-0.3, -0.25) is 4.90 Å². The van der Waals surface area contributed by atoms with Crippen LogP contribution in [0.25, 0.3) is 0 Å². The highest BCUT2D eigenvalue weighted by atomic mass is 16.3. The highest BCUT2D eigenvalue weighted by Gasteiger charge is 2.24. The average molecular weight is 263 g/mol. The third kappa shape index (κ3) is 3.78. The van der Waals surface area contributed by atoms with E-state index < -0.39 is 6.10 Å². The van der Waals surface area contributed by atoms with Gasteiger partial charge >= 0.3 is 0 Å². The highest BCUT2D eigenvalue weighted by molar-refractivity contribution is 5.27. The van der Waals surface area contributed by atoms with Gasteiger partial charge in [-0.05, 0) is 37.3 Å². The number of aliphatic hydroxyl groups excluding tert-OH is 2. The molecule has 2 rings (SSSR count). The molecule has 2 N–H and O–H groups in total. The Morgan fingerprint density at radius 2 is 2.00 bits per heavy atom. The molecule has 0 heterocycles. The summed E-state index contributed by atoms with van der Waals surface area (Å²) in [6, 6.07) is 8.63. The Hall–Kier alpha value is -0.900. The van der Waals surface area contributed by atoms with Crippen molar-refractivity contribution in [2.24, 2.45) is 0 Å². The maximum Gasteiger partial charge on any atom is 0.0804 e. The molecule has 0 radical (unpaired) electrons. The van der Waals surface area contributed by atoms with Gasteiger partial charge in [-0.1, -0.05) is 30.7 Å². The zero-order chi connectivity index (χ0) is 13.7. The molecule has 1 aliphatic carbocycles. The Bertz CT molecular complexity index is 390. The fourth-order valence-electron chi connectivity index (χ4n) is 2.76. The SMILES string of the molecule is Cc1ccccc1C(O)CCN(CCO)C1CCC1. The number of aryl methyl sites for hydroxylation is 1. The summed E-state index contributed by atoms with van der Waals surface area (Å²) in [6.45, 7) is 3.83. The minimum Gasteiger partial charge on any atom is -0.395 e. The molecule has 106 valence electrons. The molecule has 19 heavy (non-hydrogen) atoms. The smallest absolute Gasteiger partial charge is 0.0804 e. The monoisotopic (exact) mass is 263 g/mol. The topological polar surface area (TPSA) is 43.7 Å². The quantitative estimate of drug-likeness (QED) is 0.793. The van der Waals surface area contributed by atoms with Gasteiger partial charge in [-0.2, -0.15) is 0 Å². The van der Waals surface area contributed by atoms with Gasteiger partial charge in [0.25, 0.3) is 0 Å². The molecule has 1 saturated carbocycles. The Morgan fingerprint density at radius 1 is 1.26 bits per heavy atom. The molecule has 0 aliphatic heterocycles. The number of rotatable bonds is 7. The van der Waals surface area contributed by atoms with Gasteiger partial charge in [0, 0.05) is 19.1 Å². The van der Waals surface area contributed by atoms with Crippen molar-refractivity contribution < 1.29 is 10.2 Å². The van der Waals surface area contributed by atoms with E-state index in [1.54, 1.807) is 0 Å². The highest BCUT2D eigenvalue weighted by Crippen LogP contribution is 2.26. The Labute approximate surface area is 115 Å². The van der Waals surface area contributed by atoms with Gasteiger partial charge in [-0.25, -0.2) is 0 Å². The first-order valence-electron chi connectivity index (χ1n) is 7.31. The molecular formula is C16H25NO2. The molecule has 0 bridgehead atoms. The van der Waals surface area contributed by atoms with Crippen molar-refractivity contribution in [1.29, 1.82) is 0 Å². The maximum atomic E-state index is 10.3. The van der Waals surface area contributed by atoms with Crippen LogP contribution in [0.15, 0.2) is 24.3 Å². The molecule has 0 saturated heterocycles. The van der Waals surface area contributed by atoms with Crippen LogP contribution in [-0.4, -0.2) is 40.9 Å². The Kier molecular flexibility index (Phi) is 5.37. The first kappa shape index (κ1) is 14.5. The number of hydrogen-bond acceptors (Lipinski definition) is 3. The predicted octanol–water partition coefficient (Wildman–Crippen LogP) is 2.27. The summed E-state index contributed by atoms with van der Waals surface area (Å²) >= 11 is 0. The van der Waals surface area contributed by atoms with Crippen LogP contribution in [0.3, 0.4) is 0 Å². The summed E-state index contributed by atoms with van der Waals surface area (Å²) in [6.07, 6.45) is 4.11. The third-order valence-corrected chi connectivity index (χ3v) is 4.22. The van der Waals surface area contributed by atoms with Gasteiger partial charge in [0.2, 0.25) is 0 Å². The largest absolute Gasteiger partial charge is 0.395 e. The van der Waals surface area contributed by atoms with E-state index in [2.05, 4.69) is 4.90 Å². The number of hydrogen-bond donors (Lipinski definition) is 2. The molecular weight excluding hydrogens is 238 g/mol.